The van der Waals surface area contributed by atoms with Crippen LogP contribution in [-0.2, 0) is 14.5 Å². The lowest BCUT2D eigenvalue weighted by Gasteiger charge is -2.28. The van der Waals surface area contributed by atoms with Gasteiger partial charge in [0.1, 0.15) is 0 Å². The maximum Gasteiger partial charge on any atom is 0.336 e. The predicted octanol–water partition coefficient (Wildman–Crippen LogP) is 1.41. The highest BCUT2D eigenvalue weighted by atomic mass is 32.2. The largest absolute Gasteiger partial charge is 0.336 e. The van der Waals surface area contributed by atoms with E-state index in [2.05, 4.69) is 8.91 Å². The van der Waals surface area contributed by atoms with Gasteiger partial charge in [-0.25, -0.2) is 0 Å². The normalized spacial score (nSPS) is 26.2. The van der Waals surface area contributed by atoms with Gasteiger partial charge in [-0.2, -0.15) is 13.1 Å². The van der Waals surface area contributed by atoms with E-state index in [0.717, 1.165) is 5.56 Å². The van der Waals surface area contributed by atoms with Crippen LogP contribution >= 0.6 is 0 Å². The smallest absolute Gasteiger partial charge is 0.258 e. The fraction of sp³-hybridized carbons (Fsp3) is 0.455. The van der Waals surface area contributed by atoms with E-state index in [0.29, 0.717) is 6.42 Å². The minimum absolute atomic E-state index is 0.0823. The number of hydrogen-bond acceptors (Lipinski definition) is 3. The Balaban J connectivity index is 2.14. The van der Waals surface area contributed by atoms with Crippen molar-refractivity contribution in [1.29, 1.82) is 0 Å². The van der Waals surface area contributed by atoms with Gasteiger partial charge in [-0.3, -0.25) is 4.18 Å². The second kappa shape index (κ2) is 4.53. The molecule has 1 N–H and O–H groups in total. The molecular weight excluding hydrogens is 226 g/mol. The van der Waals surface area contributed by atoms with E-state index in [1.807, 2.05) is 37.3 Å². The van der Waals surface area contributed by atoms with Crippen LogP contribution in [0.15, 0.2) is 30.3 Å². The Morgan fingerprint density at radius 2 is 2.06 bits per heavy atom. The molecule has 0 aliphatic carbocycles. The Morgan fingerprint density at radius 1 is 1.38 bits per heavy atom. The van der Waals surface area contributed by atoms with Crippen LogP contribution in [0.1, 0.15) is 24.8 Å². The minimum atomic E-state index is -3.53. The molecule has 1 fully saturated rings. The van der Waals surface area contributed by atoms with Crippen LogP contribution in [0.2, 0.25) is 0 Å². The fourth-order valence-electron chi connectivity index (χ4n) is 1.90. The molecule has 16 heavy (non-hydrogen) atoms. The molecule has 4 nitrogen and oxygen atoms in total. The van der Waals surface area contributed by atoms with Gasteiger partial charge in [0.15, 0.2) is 0 Å². The molecule has 1 heterocycles. The Kier molecular flexibility index (Phi) is 3.28. The topological polar surface area (TPSA) is 55.4 Å². The molecule has 0 amide bonds. The first-order valence-corrected chi connectivity index (χ1v) is 6.71. The van der Waals surface area contributed by atoms with Crippen LogP contribution < -0.4 is 4.72 Å². The average molecular weight is 241 g/mol. The molecule has 0 bridgehead atoms. The fourth-order valence-corrected chi connectivity index (χ4v) is 2.98. The molecule has 88 valence electrons. The first kappa shape index (κ1) is 11.6. The van der Waals surface area contributed by atoms with Crippen molar-refractivity contribution >= 4 is 10.3 Å². The molecule has 5 heteroatoms. The van der Waals surface area contributed by atoms with E-state index < -0.39 is 10.3 Å². The average Bonchev–Trinajstić information content (AvgIpc) is 2.28. The van der Waals surface area contributed by atoms with Crippen molar-refractivity contribution in [3.05, 3.63) is 35.9 Å². The van der Waals surface area contributed by atoms with Crippen molar-refractivity contribution in [2.45, 2.75) is 25.3 Å². The molecule has 1 aromatic carbocycles. The van der Waals surface area contributed by atoms with Crippen LogP contribution in [0.25, 0.3) is 0 Å². The summed E-state index contributed by atoms with van der Waals surface area (Å²) in [5.74, 6) is 0.153. The summed E-state index contributed by atoms with van der Waals surface area (Å²) < 4.78 is 29.7. The minimum Gasteiger partial charge on any atom is -0.258 e. The van der Waals surface area contributed by atoms with Crippen LogP contribution in [0.3, 0.4) is 0 Å². The van der Waals surface area contributed by atoms with E-state index in [-0.39, 0.29) is 18.6 Å². The zero-order chi connectivity index (χ0) is 11.6. The standard InChI is InChI=1S/C11H15NO3S/c1-9(10-5-3-2-4-6-10)11-7-8-15-16(13,14)12-11/h2-6,9,11-12H,7-8H2,1H3/t9-,11+/m1/s1. The maximum absolute atomic E-state index is 11.3. The number of rotatable bonds is 2. The van der Waals surface area contributed by atoms with Gasteiger partial charge in [-0.15, -0.1) is 0 Å². The third-order valence-electron chi connectivity index (χ3n) is 2.89. The monoisotopic (exact) mass is 241 g/mol. The molecule has 1 aliphatic heterocycles. The van der Waals surface area contributed by atoms with Gasteiger partial charge >= 0.3 is 10.3 Å². The van der Waals surface area contributed by atoms with Gasteiger partial charge in [-0.1, -0.05) is 37.3 Å². The van der Waals surface area contributed by atoms with Crippen molar-refractivity contribution in [1.82, 2.24) is 4.72 Å². The molecule has 0 unspecified atom stereocenters. The summed E-state index contributed by atoms with van der Waals surface area (Å²) in [4.78, 5) is 0. The van der Waals surface area contributed by atoms with Crippen molar-refractivity contribution in [2.24, 2.45) is 0 Å². The summed E-state index contributed by atoms with van der Waals surface area (Å²) in [6.07, 6.45) is 0.704. The summed E-state index contributed by atoms with van der Waals surface area (Å²) in [5.41, 5.74) is 1.14. The molecule has 0 saturated carbocycles. The summed E-state index contributed by atoms with van der Waals surface area (Å²) in [7, 11) is -3.53. The summed E-state index contributed by atoms with van der Waals surface area (Å²) in [5, 5.41) is 0. The van der Waals surface area contributed by atoms with Crippen LogP contribution in [0, 0.1) is 0 Å². The lowest BCUT2D eigenvalue weighted by molar-refractivity contribution is 0.246. The van der Waals surface area contributed by atoms with Crippen molar-refractivity contribution in [3.8, 4) is 0 Å². The Hall–Kier alpha value is -0.910. The van der Waals surface area contributed by atoms with Crippen molar-refractivity contribution in [3.63, 3.8) is 0 Å². The molecule has 1 saturated heterocycles. The van der Waals surface area contributed by atoms with Gasteiger partial charge in [0.25, 0.3) is 0 Å². The zero-order valence-corrected chi connectivity index (χ0v) is 9.91. The lowest BCUT2D eigenvalue weighted by atomic mass is 9.92. The van der Waals surface area contributed by atoms with Gasteiger partial charge in [0.05, 0.1) is 6.61 Å². The highest BCUT2D eigenvalue weighted by Crippen LogP contribution is 2.23. The Labute approximate surface area is 95.9 Å². The molecule has 0 spiro atoms. The summed E-state index contributed by atoms with van der Waals surface area (Å²) in [6, 6.07) is 9.80. The molecule has 1 aromatic rings. The van der Waals surface area contributed by atoms with Crippen LogP contribution in [-0.4, -0.2) is 21.1 Å². The van der Waals surface area contributed by atoms with Crippen LogP contribution in [0.4, 0.5) is 0 Å². The highest BCUT2D eigenvalue weighted by Gasteiger charge is 2.28. The predicted molar refractivity (Wildman–Crippen MR) is 61.3 cm³/mol. The molecule has 0 radical (unpaired) electrons. The molecular formula is C11H15NO3S. The van der Waals surface area contributed by atoms with E-state index in [4.69, 9.17) is 0 Å². The van der Waals surface area contributed by atoms with Crippen molar-refractivity contribution < 1.29 is 12.6 Å². The van der Waals surface area contributed by atoms with E-state index in [1.165, 1.54) is 0 Å². The van der Waals surface area contributed by atoms with E-state index >= 15 is 0 Å². The number of benzene rings is 1. The van der Waals surface area contributed by atoms with Gasteiger partial charge < -0.3 is 0 Å². The van der Waals surface area contributed by atoms with Crippen LogP contribution in [0.5, 0.6) is 0 Å². The van der Waals surface area contributed by atoms with E-state index in [9.17, 15) is 8.42 Å². The van der Waals surface area contributed by atoms with Gasteiger partial charge in [0.2, 0.25) is 0 Å². The third kappa shape index (κ3) is 2.61. The lowest BCUT2D eigenvalue weighted by Crippen LogP contribution is -2.44. The third-order valence-corrected chi connectivity index (χ3v) is 3.96. The highest BCUT2D eigenvalue weighted by molar-refractivity contribution is 7.84. The molecule has 1 aliphatic rings. The second-order valence-corrected chi connectivity index (χ2v) is 5.37. The van der Waals surface area contributed by atoms with Gasteiger partial charge in [-0.05, 0) is 17.9 Å². The quantitative estimate of drug-likeness (QED) is 0.851. The number of nitrogens with one attached hydrogen (secondary N) is 1. The molecule has 2 rings (SSSR count). The van der Waals surface area contributed by atoms with Crippen molar-refractivity contribution in [2.75, 3.05) is 6.61 Å². The zero-order valence-electron chi connectivity index (χ0n) is 9.09. The summed E-state index contributed by atoms with van der Waals surface area (Å²) >= 11 is 0. The summed E-state index contributed by atoms with van der Waals surface area (Å²) in [6.45, 7) is 2.28. The maximum atomic E-state index is 11.3. The van der Waals surface area contributed by atoms with Gasteiger partial charge in [0, 0.05) is 6.04 Å². The second-order valence-electron chi connectivity index (χ2n) is 3.99. The Bertz CT molecular complexity index is 444. The molecule has 2 atom stereocenters. The molecule has 0 aromatic heterocycles. The first-order valence-electron chi connectivity index (χ1n) is 5.30. The first-order chi connectivity index (χ1) is 7.58. The SMILES string of the molecule is C[C@H](c1ccccc1)[C@@H]1CCOS(=O)(=O)N1. The number of hydrogen-bond donors (Lipinski definition) is 1. The Morgan fingerprint density at radius 3 is 2.69 bits per heavy atom. The van der Waals surface area contributed by atoms with E-state index in [1.54, 1.807) is 0 Å².